The summed E-state index contributed by atoms with van der Waals surface area (Å²) in [5.74, 6) is 1.13. The molecule has 148 valence electrons. The lowest BCUT2D eigenvalue weighted by atomic mass is 10.0. The highest BCUT2D eigenvalue weighted by atomic mass is 16.5. The first-order valence-corrected chi connectivity index (χ1v) is 9.79. The molecule has 7 heteroatoms. The molecule has 1 saturated carbocycles. The number of hydrogen-bond donors (Lipinski definition) is 0. The maximum absolute atomic E-state index is 11.7. The predicted molar refractivity (Wildman–Crippen MR) is 107 cm³/mol. The molecule has 0 bridgehead atoms. The van der Waals surface area contributed by atoms with Crippen molar-refractivity contribution >= 4 is 16.7 Å². The molecule has 0 aromatic carbocycles. The minimum atomic E-state index is -0.101. The van der Waals surface area contributed by atoms with Gasteiger partial charge in [0.2, 0.25) is 5.88 Å². The lowest BCUT2D eigenvalue weighted by Gasteiger charge is -2.20. The first kappa shape index (κ1) is 18.7. The van der Waals surface area contributed by atoms with Crippen LogP contribution < -0.4 is 4.74 Å². The average molecular weight is 381 g/mol. The third kappa shape index (κ3) is 3.53. The first-order chi connectivity index (χ1) is 13.2. The summed E-state index contributed by atoms with van der Waals surface area (Å²) in [5, 5.41) is 9.91. The first-order valence-electron chi connectivity index (χ1n) is 9.79. The molecule has 1 aliphatic rings. The van der Waals surface area contributed by atoms with E-state index in [9.17, 15) is 4.79 Å². The summed E-state index contributed by atoms with van der Waals surface area (Å²) >= 11 is 0. The molecular weight excluding hydrogens is 354 g/mol. The van der Waals surface area contributed by atoms with E-state index in [4.69, 9.17) is 9.72 Å². The Morgan fingerprint density at radius 2 is 2.07 bits per heavy atom. The Balaban J connectivity index is 1.71. The van der Waals surface area contributed by atoms with Gasteiger partial charge in [-0.05, 0) is 40.2 Å². The summed E-state index contributed by atoms with van der Waals surface area (Å²) in [5.41, 5.74) is 2.44. The predicted octanol–water partition coefficient (Wildman–Crippen LogP) is 3.72. The molecule has 0 spiro atoms. The van der Waals surface area contributed by atoms with E-state index in [0.717, 1.165) is 28.6 Å². The molecule has 4 rings (SSSR count). The number of fused-ring (bicyclic) bond motifs is 1. The van der Waals surface area contributed by atoms with Crippen molar-refractivity contribution in [3.05, 3.63) is 24.7 Å². The lowest BCUT2D eigenvalue weighted by molar-refractivity contribution is -0.117. The van der Waals surface area contributed by atoms with Gasteiger partial charge in [-0.15, -0.1) is 0 Å². The Morgan fingerprint density at radius 3 is 2.71 bits per heavy atom. The number of pyridine rings is 1. The zero-order chi connectivity index (χ0) is 20.1. The lowest BCUT2D eigenvalue weighted by Crippen LogP contribution is -2.22. The Labute approximate surface area is 164 Å². The van der Waals surface area contributed by atoms with Gasteiger partial charge in [0.05, 0.1) is 28.3 Å². The quantitative estimate of drug-likeness (QED) is 0.688. The van der Waals surface area contributed by atoms with Crippen molar-refractivity contribution < 1.29 is 9.53 Å². The third-order valence-electron chi connectivity index (χ3n) is 5.39. The molecule has 7 nitrogen and oxygen atoms in total. The van der Waals surface area contributed by atoms with Crippen molar-refractivity contribution in [2.24, 2.45) is 13.0 Å². The van der Waals surface area contributed by atoms with E-state index >= 15 is 0 Å². The molecule has 0 amide bonds. The SMILES string of the molecule is C[C@@H](Oc1nc(-c2cnn(C(C)(C)C)c2)cc2nn(C)cc12)[C@H]1CCC(=O)C1. The van der Waals surface area contributed by atoms with Crippen LogP contribution in [-0.2, 0) is 17.4 Å². The van der Waals surface area contributed by atoms with E-state index in [2.05, 4.69) is 31.0 Å². The van der Waals surface area contributed by atoms with E-state index in [1.54, 1.807) is 4.68 Å². The molecule has 1 fully saturated rings. The molecule has 0 radical (unpaired) electrons. The number of hydrogen-bond acceptors (Lipinski definition) is 5. The van der Waals surface area contributed by atoms with E-state index in [1.165, 1.54) is 0 Å². The number of ketones is 1. The second-order valence-corrected chi connectivity index (χ2v) is 8.76. The second kappa shape index (κ2) is 6.72. The largest absolute Gasteiger partial charge is 0.474 e. The molecule has 0 unspecified atom stereocenters. The number of nitrogens with zero attached hydrogens (tertiary/aromatic N) is 5. The Bertz CT molecular complexity index is 1030. The number of rotatable bonds is 4. The Hall–Kier alpha value is -2.70. The van der Waals surface area contributed by atoms with Gasteiger partial charge in [-0.1, -0.05) is 0 Å². The number of aromatic nitrogens is 5. The summed E-state index contributed by atoms with van der Waals surface area (Å²) in [6.07, 6.45) is 7.80. The van der Waals surface area contributed by atoms with Gasteiger partial charge in [0.1, 0.15) is 11.9 Å². The fraction of sp³-hybridized carbons (Fsp3) is 0.524. The maximum atomic E-state index is 11.7. The minimum absolute atomic E-state index is 0.0742. The Morgan fingerprint density at radius 1 is 1.29 bits per heavy atom. The summed E-state index contributed by atoms with van der Waals surface area (Å²) in [6.45, 7) is 8.35. The zero-order valence-corrected chi connectivity index (χ0v) is 17.1. The van der Waals surface area contributed by atoms with E-state index in [1.807, 2.05) is 43.3 Å². The van der Waals surface area contributed by atoms with Gasteiger partial charge in [-0.3, -0.25) is 14.2 Å². The fourth-order valence-electron chi connectivity index (χ4n) is 3.68. The Kier molecular flexibility index (Phi) is 4.48. The highest BCUT2D eigenvalue weighted by molar-refractivity contribution is 5.86. The summed E-state index contributed by atoms with van der Waals surface area (Å²) < 4.78 is 9.97. The number of carbonyl (C=O) groups excluding carboxylic acids is 1. The number of Topliss-reactive ketones (excluding diaryl/α,β-unsaturated/α-hetero) is 1. The molecule has 2 atom stereocenters. The molecule has 3 aromatic heterocycles. The number of ether oxygens (including phenoxy) is 1. The molecule has 0 saturated heterocycles. The van der Waals surface area contributed by atoms with E-state index < -0.39 is 0 Å². The van der Waals surface area contributed by atoms with Crippen molar-refractivity contribution in [3.63, 3.8) is 0 Å². The van der Waals surface area contributed by atoms with E-state index in [-0.39, 0.29) is 17.6 Å². The van der Waals surface area contributed by atoms with Crippen LogP contribution in [0.2, 0.25) is 0 Å². The molecule has 1 aliphatic carbocycles. The van der Waals surface area contributed by atoms with Crippen LogP contribution >= 0.6 is 0 Å². The fourth-order valence-corrected chi connectivity index (χ4v) is 3.68. The van der Waals surface area contributed by atoms with Crippen molar-refractivity contribution in [1.29, 1.82) is 0 Å². The van der Waals surface area contributed by atoms with Crippen molar-refractivity contribution in [2.75, 3.05) is 0 Å². The van der Waals surface area contributed by atoms with Crippen LogP contribution in [0.3, 0.4) is 0 Å². The van der Waals surface area contributed by atoms with Crippen LogP contribution in [0.1, 0.15) is 47.0 Å². The van der Waals surface area contributed by atoms with Crippen LogP contribution in [0.25, 0.3) is 22.2 Å². The molecular formula is C21H27N5O2. The van der Waals surface area contributed by atoms with Gasteiger partial charge < -0.3 is 4.74 Å². The second-order valence-electron chi connectivity index (χ2n) is 8.76. The number of carbonyl (C=O) groups is 1. The summed E-state index contributed by atoms with van der Waals surface area (Å²) in [7, 11) is 1.89. The maximum Gasteiger partial charge on any atom is 0.225 e. The van der Waals surface area contributed by atoms with E-state index in [0.29, 0.717) is 24.5 Å². The van der Waals surface area contributed by atoms with Crippen LogP contribution in [0.4, 0.5) is 0 Å². The molecule has 3 heterocycles. The number of aryl methyl sites for hydroxylation is 1. The van der Waals surface area contributed by atoms with Gasteiger partial charge in [0.15, 0.2) is 0 Å². The molecule has 28 heavy (non-hydrogen) atoms. The topological polar surface area (TPSA) is 74.8 Å². The summed E-state index contributed by atoms with van der Waals surface area (Å²) in [6, 6.07) is 1.97. The van der Waals surface area contributed by atoms with Crippen LogP contribution in [0, 0.1) is 5.92 Å². The third-order valence-corrected chi connectivity index (χ3v) is 5.39. The van der Waals surface area contributed by atoms with Crippen molar-refractivity contribution in [2.45, 2.75) is 58.6 Å². The van der Waals surface area contributed by atoms with Crippen LogP contribution in [-0.4, -0.2) is 36.4 Å². The highest BCUT2D eigenvalue weighted by Gasteiger charge is 2.29. The molecule has 0 aliphatic heterocycles. The molecule has 0 N–H and O–H groups in total. The molecule has 3 aromatic rings. The van der Waals surface area contributed by atoms with Crippen LogP contribution in [0.15, 0.2) is 24.7 Å². The van der Waals surface area contributed by atoms with Gasteiger partial charge in [0.25, 0.3) is 0 Å². The van der Waals surface area contributed by atoms with Gasteiger partial charge in [0, 0.05) is 43.8 Å². The normalized spacial score (nSPS) is 18.8. The minimum Gasteiger partial charge on any atom is -0.474 e. The van der Waals surface area contributed by atoms with Crippen molar-refractivity contribution in [1.82, 2.24) is 24.5 Å². The monoisotopic (exact) mass is 381 g/mol. The van der Waals surface area contributed by atoms with Crippen molar-refractivity contribution in [3.8, 4) is 17.1 Å². The zero-order valence-electron chi connectivity index (χ0n) is 17.1. The average Bonchev–Trinajstić information content (AvgIpc) is 3.32. The van der Waals surface area contributed by atoms with Gasteiger partial charge in [-0.25, -0.2) is 4.98 Å². The van der Waals surface area contributed by atoms with Gasteiger partial charge in [-0.2, -0.15) is 10.2 Å². The summed E-state index contributed by atoms with van der Waals surface area (Å²) in [4.78, 5) is 16.5. The van der Waals surface area contributed by atoms with Gasteiger partial charge >= 0.3 is 0 Å². The smallest absolute Gasteiger partial charge is 0.225 e. The standard InChI is InChI=1S/C21H27N5O2/c1-13(14-6-7-16(27)8-14)28-20-17-12-25(5)24-19(17)9-18(23-20)15-10-22-26(11-15)21(2,3)4/h9-14H,6-8H2,1-5H3/t13-,14+/m1/s1. The van der Waals surface area contributed by atoms with Crippen LogP contribution in [0.5, 0.6) is 5.88 Å². The highest BCUT2D eigenvalue weighted by Crippen LogP contribution is 2.33.